The molecular weight excluding hydrogens is 264 g/mol. The summed E-state index contributed by atoms with van der Waals surface area (Å²) in [5.74, 6) is 5.77. The number of nitrogens with one attached hydrogen (secondary N) is 1. The van der Waals surface area contributed by atoms with Gasteiger partial charge in [-0.15, -0.1) is 0 Å². The Hall–Kier alpha value is -0.770. The average Bonchev–Trinajstić information content (AvgIpc) is 2.46. The Morgan fingerprint density at radius 2 is 1.29 bits per heavy atom. The van der Waals surface area contributed by atoms with Crippen LogP contribution < -0.4 is 11.3 Å². The first-order valence-electron chi connectivity index (χ1n) is 8.80. The summed E-state index contributed by atoms with van der Waals surface area (Å²) < 4.78 is 4.82. The van der Waals surface area contributed by atoms with Crippen LogP contribution in [0.5, 0.6) is 0 Å². The topological polar surface area (TPSA) is 64.3 Å². The van der Waals surface area contributed by atoms with Crippen LogP contribution in [0.2, 0.25) is 0 Å². The van der Waals surface area contributed by atoms with E-state index in [0.29, 0.717) is 6.61 Å². The minimum atomic E-state index is -0.539. The molecule has 4 heteroatoms. The zero-order valence-electron chi connectivity index (χ0n) is 14.2. The molecule has 0 aromatic rings. The van der Waals surface area contributed by atoms with Gasteiger partial charge in [-0.1, -0.05) is 84.5 Å². The molecule has 21 heavy (non-hydrogen) atoms. The lowest BCUT2D eigenvalue weighted by Crippen LogP contribution is -2.30. The monoisotopic (exact) mass is 300 g/mol. The van der Waals surface area contributed by atoms with Gasteiger partial charge in [0.05, 0.1) is 6.61 Å². The van der Waals surface area contributed by atoms with Crippen LogP contribution >= 0.6 is 0 Å². The molecule has 1 amide bonds. The summed E-state index contributed by atoms with van der Waals surface area (Å²) in [4.78, 5) is 10.7. The fraction of sp³-hybridized carbons (Fsp3) is 0.941. The normalized spacial score (nSPS) is 10.9. The second-order valence-electron chi connectivity index (χ2n) is 6.35. The lowest BCUT2D eigenvalue weighted by molar-refractivity contribution is 0.144. The van der Waals surface area contributed by atoms with Gasteiger partial charge >= 0.3 is 6.09 Å². The number of carbonyl (C=O) groups is 1. The number of carbonyl (C=O) groups excluding carboxylic acids is 1. The fourth-order valence-electron chi connectivity index (χ4n) is 2.45. The first kappa shape index (κ1) is 20.2. The molecule has 0 radical (unpaired) electrons. The van der Waals surface area contributed by atoms with Crippen molar-refractivity contribution in [3.8, 4) is 0 Å². The third kappa shape index (κ3) is 17.2. The number of rotatable bonds is 14. The molecule has 0 aromatic carbocycles. The molecule has 0 aromatic heterocycles. The van der Waals surface area contributed by atoms with Crippen LogP contribution in [0, 0.1) is 5.92 Å². The van der Waals surface area contributed by atoms with Gasteiger partial charge in [0.25, 0.3) is 0 Å². The van der Waals surface area contributed by atoms with E-state index in [1.807, 2.05) is 5.43 Å². The van der Waals surface area contributed by atoms with Crippen LogP contribution in [0.1, 0.15) is 90.9 Å². The quantitative estimate of drug-likeness (QED) is 0.207. The number of ether oxygens (including phenoxy) is 1. The third-order valence-corrected chi connectivity index (χ3v) is 3.78. The molecule has 126 valence electrons. The standard InChI is InChI=1S/C17H36N2O2/c1-16(2)14-12-10-8-6-4-3-5-7-9-11-13-15-21-17(20)19-18/h16H,3-15,18H2,1-2H3,(H,19,20). The van der Waals surface area contributed by atoms with Gasteiger partial charge in [0.2, 0.25) is 0 Å². The highest BCUT2D eigenvalue weighted by molar-refractivity contribution is 5.66. The van der Waals surface area contributed by atoms with E-state index in [4.69, 9.17) is 10.6 Å². The molecule has 0 aliphatic rings. The van der Waals surface area contributed by atoms with Crippen molar-refractivity contribution < 1.29 is 9.53 Å². The van der Waals surface area contributed by atoms with Gasteiger partial charge in [-0.3, -0.25) is 5.43 Å². The van der Waals surface area contributed by atoms with E-state index >= 15 is 0 Å². The van der Waals surface area contributed by atoms with Crippen LogP contribution in [0.3, 0.4) is 0 Å². The number of hydrazine groups is 1. The van der Waals surface area contributed by atoms with Crippen molar-refractivity contribution in [1.29, 1.82) is 0 Å². The Morgan fingerprint density at radius 3 is 1.71 bits per heavy atom. The average molecular weight is 300 g/mol. The molecule has 0 fully saturated rings. The molecule has 0 unspecified atom stereocenters. The van der Waals surface area contributed by atoms with Gasteiger partial charge in [-0.05, 0) is 12.3 Å². The fourth-order valence-corrected chi connectivity index (χ4v) is 2.45. The van der Waals surface area contributed by atoms with Crippen LogP contribution in [-0.2, 0) is 4.74 Å². The SMILES string of the molecule is CC(C)CCCCCCCCCCCCCOC(=O)NN. The molecule has 0 rings (SSSR count). The molecular formula is C17H36N2O2. The van der Waals surface area contributed by atoms with E-state index in [1.54, 1.807) is 0 Å². The molecule has 0 aliphatic heterocycles. The van der Waals surface area contributed by atoms with Gasteiger partial charge in [0.1, 0.15) is 0 Å². The molecule has 0 spiro atoms. The highest BCUT2D eigenvalue weighted by atomic mass is 16.5. The molecule has 0 saturated carbocycles. The molecule has 0 atom stereocenters. The number of hydrogen-bond acceptors (Lipinski definition) is 3. The Balaban J connectivity index is 3.01. The summed E-state index contributed by atoms with van der Waals surface area (Å²) in [6, 6.07) is 0. The third-order valence-electron chi connectivity index (χ3n) is 3.78. The Kier molecular flexibility index (Phi) is 15.0. The van der Waals surface area contributed by atoms with Gasteiger partial charge < -0.3 is 4.74 Å². The Bertz CT molecular complexity index is 233. The van der Waals surface area contributed by atoms with Gasteiger partial charge in [0.15, 0.2) is 0 Å². The van der Waals surface area contributed by atoms with Crippen LogP contribution in [0.15, 0.2) is 0 Å². The van der Waals surface area contributed by atoms with Crippen molar-refractivity contribution in [3.63, 3.8) is 0 Å². The van der Waals surface area contributed by atoms with Crippen molar-refractivity contribution >= 4 is 6.09 Å². The molecule has 0 bridgehead atoms. The second kappa shape index (κ2) is 15.6. The van der Waals surface area contributed by atoms with E-state index in [-0.39, 0.29) is 0 Å². The van der Waals surface area contributed by atoms with E-state index in [2.05, 4.69) is 13.8 Å². The lowest BCUT2D eigenvalue weighted by Gasteiger charge is -2.05. The van der Waals surface area contributed by atoms with Crippen LogP contribution in [-0.4, -0.2) is 12.7 Å². The minimum Gasteiger partial charge on any atom is -0.449 e. The Morgan fingerprint density at radius 1 is 0.857 bits per heavy atom. The predicted octanol–water partition coefficient (Wildman–Crippen LogP) is 4.92. The maximum absolute atomic E-state index is 10.7. The molecule has 0 saturated heterocycles. The van der Waals surface area contributed by atoms with Gasteiger partial charge in [-0.2, -0.15) is 0 Å². The van der Waals surface area contributed by atoms with E-state index in [1.165, 1.54) is 64.2 Å². The van der Waals surface area contributed by atoms with Gasteiger partial charge in [-0.25, -0.2) is 10.6 Å². The Labute approximate surface area is 131 Å². The summed E-state index contributed by atoms with van der Waals surface area (Å²) in [6.07, 6.45) is 15.2. The summed E-state index contributed by atoms with van der Waals surface area (Å²) in [5, 5.41) is 0. The van der Waals surface area contributed by atoms with Crippen LogP contribution in [0.25, 0.3) is 0 Å². The van der Waals surface area contributed by atoms with E-state index in [0.717, 1.165) is 18.8 Å². The highest BCUT2D eigenvalue weighted by Crippen LogP contribution is 2.13. The lowest BCUT2D eigenvalue weighted by atomic mass is 10.0. The largest absolute Gasteiger partial charge is 0.449 e. The van der Waals surface area contributed by atoms with Crippen molar-refractivity contribution in [3.05, 3.63) is 0 Å². The van der Waals surface area contributed by atoms with Crippen molar-refractivity contribution in [2.45, 2.75) is 90.9 Å². The van der Waals surface area contributed by atoms with E-state index in [9.17, 15) is 4.79 Å². The molecule has 0 heterocycles. The molecule has 4 nitrogen and oxygen atoms in total. The number of hydrogen-bond donors (Lipinski definition) is 2. The van der Waals surface area contributed by atoms with Crippen molar-refractivity contribution in [1.82, 2.24) is 5.43 Å². The maximum Gasteiger partial charge on any atom is 0.421 e. The maximum atomic E-state index is 10.7. The summed E-state index contributed by atoms with van der Waals surface area (Å²) in [6.45, 7) is 5.08. The second-order valence-corrected chi connectivity index (χ2v) is 6.35. The summed E-state index contributed by atoms with van der Waals surface area (Å²) in [7, 11) is 0. The number of amides is 1. The first-order chi connectivity index (χ1) is 10.2. The predicted molar refractivity (Wildman–Crippen MR) is 88.9 cm³/mol. The van der Waals surface area contributed by atoms with Gasteiger partial charge in [0, 0.05) is 0 Å². The summed E-state index contributed by atoms with van der Waals surface area (Å²) >= 11 is 0. The van der Waals surface area contributed by atoms with E-state index < -0.39 is 6.09 Å². The van der Waals surface area contributed by atoms with Crippen LogP contribution in [0.4, 0.5) is 4.79 Å². The number of nitrogens with two attached hydrogens (primary N) is 1. The smallest absolute Gasteiger partial charge is 0.421 e. The number of unbranched alkanes of at least 4 members (excludes halogenated alkanes) is 10. The molecule has 0 aliphatic carbocycles. The molecule has 3 N–H and O–H groups in total. The first-order valence-corrected chi connectivity index (χ1v) is 8.80. The zero-order chi connectivity index (χ0) is 15.8. The summed E-state index contributed by atoms with van der Waals surface area (Å²) in [5.41, 5.74) is 1.95. The zero-order valence-corrected chi connectivity index (χ0v) is 14.2. The van der Waals surface area contributed by atoms with Crippen molar-refractivity contribution in [2.24, 2.45) is 11.8 Å². The minimum absolute atomic E-state index is 0.472. The van der Waals surface area contributed by atoms with Crippen molar-refractivity contribution in [2.75, 3.05) is 6.61 Å². The highest BCUT2D eigenvalue weighted by Gasteiger charge is 1.98.